The number of carbonyl (C=O) groups excluding carboxylic acids is 1. The molecule has 8 aromatic carbocycles. The smallest absolute Gasteiger partial charge is 0.201 e. The molecule has 8 aromatic rings. The molecule has 0 atom stereocenters. The van der Waals surface area contributed by atoms with Gasteiger partial charge in [0, 0.05) is 49.5 Å². The predicted molar refractivity (Wildman–Crippen MR) is 346 cm³/mol. The van der Waals surface area contributed by atoms with Crippen molar-refractivity contribution in [2.24, 2.45) is 4.99 Å². The number of aliphatic hydroxyl groups is 1. The van der Waals surface area contributed by atoms with E-state index < -0.39 is 11.3 Å². The third-order valence-corrected chi connectivity index (χ3v) is 23.7. The Morgan fingerprint density at radius 3 is 1.09 bits per heavy atom. The van der Waals surface area contributed by atoms with E-state index in [2.05, 4.69) is 196 Å². The van der Waals surface area contributed by atoms with Gasteiger partial charge in [-0.05, 0) is 358 Å². The molecule has 0 saturated carbocycles. The predicted octanol–water partition coefficient (Wildman–Crippen LogP) is 17.4. The SMILES string of the molecule is Cc1c(C)c(C)c2c(c1C)-c1c(C)c(C)c(C)c(C)c1C21N=c2c(C)c(C)c(C)c3c(C)c(C)c(=C4C(=O)C(c5c(C)c(C)c6c(C)c(C)c(C)c7c6c5NC5(N7)c6c(C)c(C)c(C)c(C)c6-c6c(C)c(C)c(C)c(C)c65)=C4O)c(c23)N1. The van der Waals surface area contributed by atoms with Crippen LogP contribution in [0.5, 0.6) is 0 Å². The van der Waals surface area contributed by atoms with Crippen molar-refractivity contribution in [2.45, 2.75) is 191 Å². The third kappa shape index (κ3) is 5.83. The first kappa shape index (κ1) is 53.8. The Bertz CT molecular complexity index is 4640. The standard InChI is InChI=1S/C76H82N4O2/c1-27-31(5)47(21)65-55(39(27)13)56-40(14)28(2)32(6)48(22)66(56)75(65)77-69-51(25)35(9)37(11)53-43(17)45(19)59(71(79-75)61(53)69)63-73(81)64(74(63)82)60-46(20)44(18)54-38(12)36(10)52(26)70-62(54)72(60)80-76(78-70)67-49(23)33(7)29(3)41(15)57(67)58-42(16)30(4)34(8)50(24)68(58)76/h77,79-81H,1-26H3. The van der Waals surface area contributed by atoms with Crippen LogP contribution in [0.2, 0.25) is 0 Å². The second kappa shape index (κ2) is 16.6. The second-order valence-electron chi connectivity index (χ2n) is 26.3. The van der Waals surface area contributed by atoms with E-state index in [1.165, 1.54) is 167 Å². The fraction of sp³-hybridized carbons (Fsp3) is 0.368. The molecule has 3 aliphatic carbocycles. The van der Waals surface area contributed by atoms with E-state index in [4.69, 9.17) is 4.99 Å². The molecule has 82 heavy (non-hydrogen) atoms. The lowest BCUT2D eigenvalue weighted by Crippen LogP contribution is -2.47. The Balaban J connectivity index is 1.17. The maximum absolute atomic E-state index is 16.5. The molecule has 2 aliphatic heterocycles. The fourth-order valence-corrected chi connectivity index (χ4v) is 17.0. The molecule has 418 valence electrons. The van der Waals surface area contributed by atoms with Crippen LogP contribution in [0.1, 0.15) is 172 Å². The van der Waals surface area contributed by atoms with Gasteiger partial charge in [0.2, 0.25) is 5.78 Å². The molecule has 2 heterocycles. The van der Waals surface area contributed by atoms with Gasteiger partial charge in [-0.1, -0.05) is 0 Å². The molecule has 4 N–H and O–H groups in total. The van der Waals surface area contributed by atoms with Crippen molar-refractivity contribution in [3.8, 4) is 22.3 Å². The molecule has 13 rings (SSSR count). The van der Waals surface area contributed by atoms with Gasteiger partial charge in [-0.3, -0.25) is 4.79 Å². The Hall–Kier alpha value is -7.44. The van der Waals surface area contributed by atoms with Crippen LogP contribution in [-0.2, 0) is 16.1 Å². The number of fused-ring (bicyclic) bond motifs is 10. The van der Waals surface area contributed by atoms with Crippen molar-refractivity contribution in [1.82, 2.24) is 0 Å². The van der Waals surface area contributed by atoms with Crippen molar-refractivity contribution in [3.05, 3.63) is 189 Å². The van der Waals surface area contributed by atoms with Crippen LogP contribution in [-0.4, -0.2) is 10.9 Å². The number of rotatable bonds is 1. The van der Waals surface area contributed by atoms with Crippen LogP contribution >= 0.6 is 0 Å². The number of nitrogens with one attached hydrogen (secondary N) is 3. The van der Waals surface area contributed by atoms with Crippen LogP contribution < -0.4 is 26.5 Å². The highest BCUT2D eigenvalue weighted by Gasteiger charge is 2.54. The first-order chi connectivity index (χ1) is 38.4. The molecule has 6 nitrogen and oxygen atoms in total. The summed E-state index contributed by atoms with van der Waals surface area (Å²) < 4.78 is 0. The van der Waals surface area contributed by atoms with E-state index in [0.717, 1.165) is 77.2 Å². The molecule has 0 aromatic heterocycles. The van der Waals surface area contributed by atoms with Crippen LogP contribution in [0.15, 0.2) is 10.8 Å². The van der Waals surface area contributed by atoms with E-state index in [0.29, 0.717) is 11.1 Å². The number of allylic oxidation sites excluding steroid dienone is 2. The molecule has 0 bridgehead atoms. The minimum Gasteiger partial charge on any atom is -0.506 e. The number of hydrogen-bond acceptors (Lipinski definition) is 6. The van der Waals surface area contributed by atoms with Gasteiger partial charge in [0.25, 0.3) is 0 Å². The lowest BCUT2D eigenvalue weighted by atomic mass is 9.74. The monoisotopic (exact) mass is 1080 g/mol. The van der Waals surface area contributed by atoms with Gasteiger partial charge in [0.1, 0.15) is 5.76 Å². The Morgan fingerprint density at radius 1 is 0.293 bits per heavy atom. The highest BCUT2D eigenvalue weighted by molar-refractivity contribution is 6.53. The number of nitrogens with zero attached hydrogens (tertiary/aromatic N) is 1. The summed E-state index contributed by atoms with van der Waals surface area (Å²) in [5.41, 5.74) is 44.0. The highest BCUT2D eigenvalue weighted by Crippen LogP contribution is 2.63. The zero-order chi connectivity index (χ0) is 59.5. The Morgan fingerprint density at radius 2 is 0.634 bits per heavy atom. The minimum absolute atomic E-state index is 0.0339. The van der Waals surface area contributed by atoms with Crippen molar-refractivity contribution < 1.29 is 9.90 Å². The zero-order valence-corrected chi connectivity index (χ0v) is 53.8. The number of hydrogen-bond donors (Lipinski definition) is 4. The molecular weight excluding hydrogens is 1000 g/mol. The zero-order valence-electron chi connectivity index (χ0n) is 53.8. The maximum Gasteiger partial charge on any atom is 0.201 e. The molecule has 0 saturated heterocycles. The summed E-state index contributed by atoms with van der Waals surface area (Å²) in [5, 5.41) is 32.8. The van der Waals surface area contributed by atoms with E-state index in [1.807, 2.05) is 0 Å². The number of Topliss-reactive ketones (excluding diaryl/α,β-unsaturated/α-hetero) is 1. The lowest BCUT2D eigenvalue weighted by Gasteiger charge is -2.45. The number of anilines is 3. The summed E-state index contributed by atoms with van der Waals surface area (Å²) in [5.74, 6) is -0.120. The van der Waals surface area contributed by atoms with Crippen molar-refractivity contribution in [3.63, 3.8) is 0 Å². The van der Waals surface area contributed by atoms with Gasteiger partial charge in [-0.2, -0.15) is 0 Å². The van der Waals surface area contributed by atoms with E-state index in [9.17, 15) is 5.11 Å². The molecule has 0 fully saturated rings. The van der Waals surface area contributed by atoms with Crippen LogP contribution in [0.3, 0.4) is 0 Å². The molecule has 0 unspecified atom stereocenters. The molecule has 5 aliphatic rings. The van der Waals surface area contributed by atoms with E-state index >= 15 is 4.79 Å². The average molecular weight is 1080 g/mol. The Labute approximate surface area is 486 Å². The second-order valence-corrected chi connectivity index (χ2v) is 26.3. The first-order valence-electron chi connectivity index (χ1n) is 29.9. The number of carbonyl (C=O) groups is 1. The summed E-state index contributed by atoms with van der Waals surface area (Å²) >= 11 is 0. The van der Waals surface area contributed by atoms with Gasteiger partial charge in [0.05, 0.1) is 27.9 Å². The van der Waals surface area contributed by atoms with Gasteiger partial charge in [-0.15, -0.1) is 0 Å². The first-order valence-corrected chi connectivity index (χ1v) is 29.9. The van der Waals surface area contributed by atoms with Crippen molar-refractivity contribution in [2.75, 3.05) is 16.0 Å². The number of aryl methyl sites for hydroxylation is 4. The largest absolute Gasteiger partial charge is 0.506 e. The molecule has 0 amide bonds. The topological polar surface area (TPSA) is 85.8 Å². The van der Waals surface area contributed by atoms with Gasteiger partial charge in [0.15, 0.2) is 11.3 Å². The summed E-state index contributed by atoms with van der Waals surface area (Å²) in [7, 11) is 0. The average Bonchev–Trinajstić information content (AvgIpc) is 1.69. The molecule has 2 spiro atoms. The van der Waals surface area contributed by atoms with E-state index in [1.54, 1.807) is 0 Å². The summed E-state index contributed by atoms with van der Waals surface area (Å²) in [6.07, 6.45) is 0. The maximum atomic E-state index is 16.5. The normalized spacial score (nSPS) is 16.2. The summed E-state index contributed by atoms with van der Waals surface area (Å²) in [6.45, 7) is 58.7. The molecule has 0 radical (unpaired) electrons. The van der Waals surface area contributed by atoms with Gasteiger partial charge in [-0.25, -0.2) is 4.99 Å². The van der Waals surface area contributed by atoms with Gasteiger partial charge >= 0.3 is 0 Å². The van der Waals surface area contributed by atoms with Crippen LogP contribution in [0, 0.1) is 180 Å². The highest BCUT2D eigenvalue weighted by atomic mass is 16.3. The summed E-state index contributed by atoms with van der Waals surface area (Å²) in [4.78, 5) is 22.6. The molecule has 6 heteroatoms. The van der Waals surface area contributed by atoms with Crippen LogP contribution in [0.4, 0.5) is 17.1 Å². The van der Waals surface area contributed by atoms with Crippen molar-refractivity contribution >= 4 is 55.5 Å². The van der Waals surface area contributed by atoms with Gasteiger partial charge < -0.3 is 21.1 Å². The number of benzene rings is 8. The number of ketones is 1. The fourth-order valence-electron chi connectivity index (χ4n) is 17.0. The third-order valence-electron chi connectivity index (χ3n) is 23.7. The van der Waals surface area contributed by atoms with Crippen molar-refractivity contribution in [1.29, 1.82) is 0 Å². The lowest BCUT2D eigenvalue weighted by molar-refractivity contribution is -0.109. The quantitative estimate of drug-likeness (QED) is 0.132. The van der Waals surface area contributed by atoms with E-state index in [-0.39, 0.29) is 11.5 Å². The Kier molecular flexibility index (Phi) is 10.9. The van der Waals surface area contributed by atoms with Crippen LogP contribution in [0.25, 0.3) is 54.9 Å². The number of aliphatic hydroxyl groups excluding tert-OH is 1. The minimum atomic E-state index is -1.04. The molecular formula is C76H82N4O2. The summed E-state index contributed by atoms with van der Waals surface area (Å²) in [6, 6.07) is 0.